The summed E-state index contributed by atoms with van der Waals surface area (Å²) in [5, 5.41) is 9.85. The molecule has 2 rings (SSSR count). The molecular weight excluding hydrogens is 150 g/mol. The summed E-state index contributed by atoms with van der Waals surface area (Å²) >= 11 is 0. The van der Waals surface area contributed by atoms with E-state index in [4.69, 9.17) is 0 Å². The molecule has 0 radical (unpaired) electrons. The molecular formula is C10H13NO. The number of fused-ring (bicyclic) bond motifs is 1. The Kier molecular flexibility index (Phi) is 1.48. The first-order valence-corrected chi connectivity index (χ1v) is 4.23. The van der Waals surface area contributed by atoms with Gasteiger partial charge in [0, 0.05) is 11.6 Å². The second-order valence-corrected chi connectivity index (χ2v) is 4.12. The molecule has 0 saturated heterocycles. The zero-order valence-corrected chi connectivity index (χ0v) is 7.41. The van der Waals surface area contributed by atoms with Gasteiger partial charge in [-0.1, -0.05) is 19.9 Å². The normalized spacial score (nSPS) is 25.4. The smallest absolute Gasteiger partial charge is 0.102 e. The van der Waals surface area contributed by atoms with Crippen LogP contribution in [0.15, 0.2) is 18.3 Å². The molecule has 0 aliphatic heterocycles. The lowest BCUT2D eigenvalue weighted by molar-refractivity contribution is 0.0636. The van der Waals surface area contributed by atoms with Crippen molar-refractivity contribution in [3.8, 4) is 0 Å². The van der Waals surface area contributed by atoms with E-state index in [0.29, 0.717) is 0 Å². The van der Waals surface area contributed by atoms with Crippen LogP contribution in [-0.4, -0.2) is 10.1 Å². The lowest BCUT2D eigenvalue weighted by Crippen LogP contribution is -2.17. The standard InChI is InChI=1S/C10H13NO/c1-10(2)6-7-4-3-5-11-8(7)9(10)12/h3-5,9,12H,6H2,1-2H3. The molecule has 64 valence electrons. The first-order chi connectivity index (χ1) is 5.61. The quantitative estimate of drug-likeness (QED) is 0.631. The summed E-state index contributed by atoms with van der Waals surface area (Å²) in [6.45, 7) is 4.14. The Bertz CT molecular complexity index is 306. The minimum atomic E-state index is -0.395. The molecule has 1 N–H and O–H groups in total. The fourth-order valence-corrected chi connectivity index (χ4v) is 1.80. The average molecular weight is 163 g/mol. The largest absolute Gasteiger partial charge is 0.386 e. The highest BCUT2D eigenvalue weighted by molar-refractivity contribution is 5.30. The van der Waals surface area contributed by atoms with Gasteiger partial charge in [-0.15, -0.1) is 0 Å². The number of hydrogen-bond donors (Lipinski definition) is 1. The molecule has 1 aromatic rings. The van der Waals surface area contributed by atoms with Crippen LogP contribution in [0.2, 0.25) is 0 Å². The topological polar surface area (TPSA) is 33.1 Å². The number of rotatable bonds is 0. The maximum atomic E-state index is 9.85. The van der Waals surface area contributed by atoms with Gasteiger partial charge in [-0.3, -0.25) is 4.98 Å². The van der Waals surface area contributed by atoms with Crippen LogP contribution in [-0.2, 0) is 6.42 Å². The fourth-order valence-electron chi connectivity index (χ4n) is 1.80. The van der Waals surface area contributed by atoms with E-state index in [1.165, 1.54) is 5.56 Å². The summed E-state index contributed by atoms with van der Waals surface area (Å²) in [6.07, 6.45) is 2.27. The van der Waals surface area contributed by atoms with Crippen molar-refractivity contribution in [1.82, 2.24) is 4.98 Å². The number of nitrogens with zero attached hydrogens (tertiary/aromatic N) is 1. The van der Waals surface area contributed by atoms with E-state index in [0.717, 1.165) is 12.1 Å². The summed E-state index contributed by atoms with van der Waals surface area (Å²) in [5.41, 5.74) is 2.01. The van der Waals surface area contributed by atoms with Crippen LogP contribution in [0.4, 0.5) is 0 Å². The molecule has 0 amide bonds. The molecule has 1 aliphatic carbocycles. The number of aliphatic hydroxyl groups excluding tert-OH is 1. The van der Waals surface area contributed by atoms with E-state index < -0.39 is 6.10 Å². The minimum absolute atomic E-state index is 0.0450. The van der Waals surface area contributed by atoms with E-state index in [9.17, 15) is 5.11 Å². The van der Waals surface area contributed by atoms with Crippen molar-refractivity contribution in [2.24, 2.45) is 5.41 Å². The van der Waals surface area contributed by atoms with Crippen molar-refractivity contribution in [1.29, 1.82) is 0 Å². The Labute approximate surface area is 72.3 Å². The molecule has 1 aliphatic rings. The molecule has 0 aromatic carbocycles. The van der Waals surface area contributed by atoms with Gasteiger partial charge in [0.1, 0.15) is 6.10 Å². The Morgan fingerprint density at radius 1 is 1.58 bits per heavy atom. The van der Waals surface area contributed by atoms with Gasteiger partial charge in [-0.05, 0) is 18.1 Å². The summed E-state index contributed by atoms with van der Waals surface area (Å²) in [7, 11) is 0. The number of hydrogen-bond acceptors (Lipinski definition) is 2. The van der Waals surface area contributed by atoms with Gasteiger partial charge in [0.2, 0.25) is 0 Å². The van der Waals surface area contributed by atoms with Gasteiger partial charge >= 0.3 is 0 Å². The predicted octanol–water partition coefficient (Wildman–Crippen LogP) is 1.70. The molecule has 1 aromatic heterocycles. The van der Waals surface area contributed by atoms with Gasteiger partial charge in [-0.2, -0.15) is 0 Å². The van der Waals surface area contributed by atoms with Gasteiger partial charge in [0.25, 0.3) is 0 Å². The van der Waals surface area contributed by atoms with Gasteiger partial charge in [-0.25, -0.2) is 0 Å². The second-order valence-electron chi connectivity index (χ2n) is 4.12. The number of pyridine rings is 1. The van der Waals surface area contributed by atoms with Gasteiger partial charge < -0.3 is 5.11 Å². The Balaban J connectivity index is 2.49. The van der Waals surface area contributed by atoms with E-state index in [1.807, 2.05) is 12.1 Å². The zero-order chi connectivity index (χ0) is 8.77. The van der Waals surface area contributed by atoms with Crippen LogP contribution < -0.4 is 0 Å². The predicted molar refractivity (Wildman–Crippen MR) is 46.7 cm³/mol. The maximum Gasteiger partial charge on any atom is 0.102 e. The molecule has 0 fully saturated rings. The number of aromatic nitrogens is 1. The summed E-state index contributed by atoms with van der Waals surface area (Å²) in [4.78, 5) is 4.19. The lowest BCUT2D eigenvalue weighted by Gasteiger charge is -2.21. The first-order valence-electron chi connectivity index (χ1n) is 4.23. The van der Waals surface area contributed by atoms with Crippen molar-refractivity contribution in [2.75, 3.05) is 0 Å². The first kappa shape index (κ1) is 7.74. The van der Waals surface area contributed by atoms with Gasteiger partial charge in [0.15, 0.2) is 0 Å². The lowest BCUT2D eigenvalue weighted by atomic mass is 9.88. The van der Waals surface area contributed by atoms with Crippen LogP contribution >= 0.6 is 0 Å². The maximum absolute atomic E-state index is 9.85. The SMILES string of the molecule is CC1(C)Cc2cccnc2C1O. The molecule has 0 bridgehead atoms. The van der Waals surface area contributed by atoms with Crippen molar-refractivity contribution in [3.05, 3.63) is 29.6 Å². The molecule has 2 heteroatoms. The highest BCUT2D eigenvalue weighted by atomic mass is 16.3. The van der Waals surface area contributed by atoms with Crippen molar-refractivity contribution in [3.63, 3.8) is 0 Å². The van der Waals surface area contributed by atoms with Crippen molar-refractivity contribution in [2.45, 2.75) is 26.4 Å². The second kappa shape index (κ2) is 2.30. The van der Waals surface area contributed by atoms with E-state index in [2.05, 4.69) is 18.8 Å². The molecule has 0 saturated carbocycles. The van der Waals surface area contributed by atoms with Gasteiger partial charge in [0.05, 0.1) is 5.69 Å². The molecule has 0 spiro atoms. The van der Waals surface area contributed by atoms with E-state index in [-0.39, 0.29) is 5.41 Å². The van der Waals surface area contributed by atoms with E-state index in [1.54, 1.807) is 6.20 Å². The Morgan fingerprint density at radius 2 is 2.33 bits per heavy atom. The average Bonchev–Trinajstić information content (AvgIpc) is 2.24. The monoisotopic (exact) mass is 163 g/mol. The molecule has 1 unspecified atom stereocenters. The zero-order valence-electron chi connectivity index (χ0n) is 7.41. The van der Waals surface area contributed by atoms with Crippen LogP contribution in [0, 0.1) is 5.41 Å². The third-order valence-electron chi connectivity index (χ3n) is 2.57. The fraction of sp³-hybridized carbons (Fsp3) is 0.500. The van der Waals surface area contributed by atoms with Crippen LogP contribution in [0.25, 0.3) is 0 Å². The van der Waals surface area contributed by atoms with E-state index >= 15 is 0 Å². The highest BCUT2D eigenvalue weighted by Gasteiger charge is 2.38. The summed E-state index contributed by atoms with van der Waals surface area (Å²) < 4.78 is 0. The minimum Gasteiger partial charge on any atom is -0.386 e. The number of aliphatic hydroxyl groups is 1. The van der Waals surface area contributed by atoms with Crippen LogP contribution in [0.5, 0.6) is 0 Å². The molecule has 1 atom stereocenters. The third kappa shape index (κ3) is 0.950. The molecule has 1 heterocycles. The van der Waals surface area contributed by atoms with Crippen LogP contribution in [0.3, 0.4) is 0 Å². The van der Waals surface area contributed by atoms with Crippen molar-refractivity contribution < 1.29 is 5.11 Å². The molecule has 12 heavy (non-hydrogen) atoms. The highest BCUT2D eigenvalue weighted by Crippen LogP contribution is 2.43. The molecule has 2 nitrogen and oxygen atoms in total. The van der Waals surface area contributed by atoms with Crippen LogP contribution in [0.1, 0.15) is 31.2 Å². The summed E-state index contributed by atoms with van der Waals surface area (Å²) in [5.74, 6) is 0. The summed E-state index contributed by atoms with van der Waals surface area (Å²) in [6, 6.07) is 3.97. The Morgan fingerprint density at radius 3 is 3.00 bits per heavy atom. The third-order valence-corrected chi connectivity index (χ3v) is 2.57. The Hall–Kier alpha value is -0.890. The van der Waals surface area contributed by atoms with Crippen molar-refractivity contribution >= 4 is 0 Å².